The van der Waals surface area contributed by atoms with Gasteiger partial charge in [0.05, 0.1) is 24.7 Å². The van der Waals surface area contributed by atoms with Gasteiger partial charge >= 0.3 is 0 Å². The van der Waals surface area contributed by atoms with Crippen LogP contribution in [0.15, 0.2) is 49.1 Å². The zero-order valence-corrected chi connectivity index (χ0v) is 14.1. The van der Waals surface area contributed by atoms with E-state index in [1.54, 1.807) is 38.7 Å². The minimum atomic E-state index is -0.370. The van der Waals surface area contributed by atoms with E-state index in [0.29, 0.717) is 17.2 Å². The first-order chi connectivity index (χ1) is 12.6. The number of hydrogen-bond donors (Lipinski definition) is 1. The summed E-state index contributed by atoms with van der Waals surface area (Å²) < 4.78 is 8.64. The maximum absolute atomic E-state index is 12.4. The average molecular weight is 349 g/mol. The van der Waals surface area contributed by atoms with Crippen LogP contribution in [0.5, 0.6) is 5.75 Å². The number of nitrogens with zero attached hydrogens (tertiary/aromatic N) is 6. The van der Waals surface area contributed by atoms with E-state index in [-0.39, 0.29) is 11.6 Å². The quantitative estimate of drug-likeness (QED) is 0.603. The molecule has 130 valence electrons. The van der Waals surface area contributed by atoms with Crippen molar-refractivity contribution in [1.82, 2.24) is 29.4 Å². The Bertz CT molecular complexity index is 1070. The van der Waals surface area contributed by atoms with Gasteiger partial charge in [-0.05, 0) is 24.3 Å². The van der Waals surface area contributed by atoms with Gasteiger partial charge in [0.2, 0.25) is 5.78 Å². The van der Waals surface area contributed by atoms with E-state index in [0.717, 1.165) is 11.3 Å². The molecule has 9 nitrogen and oxygen atoms in total. The number of hydrogen-bond acceptors (Lipinski definition) is 6. The zero-order chi connectivity index (χ0) is 18.1. The summed E-state index contributed by atoms with van der Waals surface area (Å²) in [6.45, 7) is 0. The highest BCUT2D eigenvalue weighted by atomic mass is 16.5. The van der Waals surface area contributed by atoms with Crippen LogP contribution >= 0.6 is 0 Å². The number of rotatable bonds is 4. The summed E-state index contributed by atoms with van der Waals surface area (Å²) in [6.07, 6.45) is 6.98. The fraction of sp³-hybridized carbons (Fsp3) is 0.118. The van der Waals surface area contributed by atoms with Crippen LogP contribution in [0, 0.1) is 0 Å². The predicted octanol–water partition coefficient (Wildman–Crippen LogP) is 1.79. The predicted molar refractivity (Wildman–Crippen MR) is 93.9 cm³/mol. The fourth-order valence-electron chi connectivity index (χ4n) is 2.57. The van der Waals surface area contributed by atoms with E-state index >= 15 is 0 Å². The summed E-state index contributed by atoms with van der Waals surface area (Å²) in [4.78, 5) is 21.1. The number of benzene rings is 1. The molecule has 3 aromatic heterocycles. The third-order valence-electron chi connectivity index (χ3n) is 3.81. The second kappa shape index (κ2) is 6.28. The normalized spacial score (nSPS) is 10.8. The summed E-state index contributed by atoms with van der Waals surface area (Å²) in [5.41, 5.74) is 2.30. The molecule has 26 heavy (non-hydrogen) atoms. The lowest BCUT2D eigenvalue weighted by atomic mass is 10.1. The largest absolute Gasteiger partial charge is 0.495 e. The van der Waals surface area contributed by atoms with Crippen molar-refractivity contribution in [1.29, 1.82) is 0 Å². The molecular weight excluding hydrogens is 334 g/mol. The highest BCUT2D eigenvalue weighted by Gasteiger charge is 2.15. The zero-order valence-electron chi connectivity index (χ0n) is 14.1. The Hall–Kier alpha value is -3.75. The number of amides is 1. The molecule has 0 aliphatic heterocycles. The molecule has 0 bridgehead atoms. The van der Waals surface area contributed by atoms with E-state index < -0.39 is 0 Å². The molecule has 0 saturated carbocycles. The number of aryl methyl sites for hydroxylation is 1. The molecule has 1 aromatic carbocycles. The lowest BCUT2D eigenvalue weighted by molar-refractivity contribution is 0.102. The Morgan fingerprint density at radius 2 is 2.15 bits per heavy atom. The van der Waals surface area contributed by atoms with Gasteiger partial charge in [-0.1, -0.05) is 5.21 Å². The molecule has 0 fully saturated rings. The van der Waals surface area contributed by atoms with Crippen molar-refractivity contribution < 1.29 is 9.53 Å². The number of ether oxygens (including phenoxy) is 1. The molecule has 0 aliphatic carbocycles. The molecule has 0 unspecified atom stereocenters. The third-order valence-corrected chi connectivity index (χ3v) is 3.81. The van der Waals surface area contributed by atoms with Gasteiger partial charge < -0.3 is 10.1 Å². The van der Waals surface area contributed by atoms with Crippen LogP contribution in [0.2, 0.25) is 0 Å². The van der Waals surface area contributed by atoms with Gasteiger partial charge in [-0.25, -0.2) is 9.97 Å². The van der Waals surface area contributed by atoms with E-state index in [2.05, 4.69) is 25.6 Å². The number of fused-ring (bicyclic) bond motifs is 1. The van der Waals surface area contributed by atoms with Crippen LogP contribution in [0.25, 0.3) is 17.0 Å². The maximum Gasteiger partial charge on any atom is 0.277 e. The molecule has 1 N–H and O–H groups in total. The Balaban J connectivity index is 1.69. The first-order valence-corrected chi connectivity index (χ1v) is 7.80. The fourth-order valence-corrected chi connectivity index (χ4v) is 2.57. The number of nitrogens with one attached hydrogen (secondary N) is 1. The number of aromatic nitrogens is 6. The molecule has 0 radical (unpaired) electrons. The van der Waals surface area contributed by atoms with E-state index in [4.69, 9.17) is 4.74 Å². The lowest BCUT2D eigenvalue weighted by Crippen LogP contribution is -2.13. The second-order valence-corrected chi connectivity index (χ2v) is 5.60. The molecular formula is C17H15N7O2. The van der Waals surface area contributed by atoms with Crippen molar-refractivity contribution in [2.75, 3.05) is 12.4 Å². The molecule has 1 amide bonds. The van der Waals surface area contributed by atoms with Crippen molar-refractivity contribution in [2.24, 2.45) is 7.05 Å². The Labute approximate surface area is 148 Å². The number of carbonyl (C=O) groups is 1. The van der Waals surface area contributed by atoms with E-state index in [1.807, 2.05) is 28.9 Å². The lowest BCUT2D eigenvalue weighted by Gasteiger charge is -2.10. The minimum absolute atomic E-state index is 0.219. The number of carbonyl (C=O) groups excluding carboxylic acids is 1. The van der Waals surface area contributed by atoms with E-state index in [1.165, 1.54) is 4.68 Å². The highest BCUT2D eigenvalue weighted by Crippen LogP contribution is 2.30. The van der Waals surface area contributed by atoms with Crippen molar-refractivity contribution in [3.05, 3.63) is 54.7 Å². The van der Waals surface area contributed by atoms with Crippen LogP contribution in [0.1, 0.15) is 10.5 Å². The topological polar surface area (TPSA) is 99.2 Å². The van der Waals surface area contributed by atoms with Crippen molar-refractivity contribution in [2.45, 2.75) is 0 Å². The molecule has 4 aromatic rings. The van der Waals surface area contributed by atoms with Gasteiger partial charge in [0.25, 0.3) is 5.91 Å². The van der Waals surface area contributed by atoms with Gasteiger partial charge in [-0.2, -0.15) is 0 Å². The summed E-state index contributed by atoms with van der Waals surface area (Å²) >= 11 is 0. The van der Waals surface area contributed by atoms with Gasteiger partial charge in [0, 0.05) is 31.2 Å². The summed E-state index contributed by atoms with van der Waals surface area (Å²) in [5, 5.41) is 10.4. The summed E-state index contributed by atoms with van der Waals surface area (Å²) in [5.74, 6) is 0.765. The molecule has 0 atom stereocenters. The molecule has 4 rings (SSSR count). The first-order valence-electron chi connectivity index (χ1n) is 7.80. The Morgan fingerprint density at radius 3 is 2.88 bits per heavy atom. The van der Waals surface area contributed by atoms with Gasteiger partial charge in [0.15, 0.2) is 5.69 Å². The average Bonchev–Trinajstić information content (AvgIpc) is 3.27. The molecule has 0 saturated heterocycles. The van der Waals surface area contributed by atoms with Gasteiger partial charge in [-0.3, -0.25) is 13.9 Å². The van der Waals surface area contributed by atoms with Crippen LogP contribution in [0.4, 0.5) is 5.69 Å². The number of methoxy groups -OCH3 is 1. The number of imidazole rings is 1. The summed E-state index contributed by atoms with van der Waals surface area (Å²) in [7, 11) is 3.24. The van der Waals surface area contributed by atoms with Crippen molar-refractivity contribution in [3.8, 4) is 17.0 Å². The SMILES string of the molecule is COc1ccc(-c2cn3cccnc3n2)cc1NC(=O)c1cn(C)nn1. The van der Waals surface area contributed by atoms with E-state index in [9.17, 15) is 4.79 Å². The molecule has 0 spiro atoms. The van der Waals surface area contributed by atoms with Crippen molar-refractivity contribution >= 4 is 17.4 Å². The smallest absolute Gasteiger partial charge is 0.277 e. The van der Waals surface area contributed by atoms with Gasteiger partial charge in [0.1, 0.15) is 5.75 Å². The Morgan fingerprint density at radius 1 is 1.27 bits per heavy atom. The first kappa shape index (κ1) is 15.8. The van der Waals surface area contributed by atoms with Crippen LogP contribution in [0.3, 0.4) is 0 Å². The highest BCUT2D eigenvalue weighted by molar-refractivity contribution is 6.03. The minimum Gasteiger partial charge on any atom is -0.495 e. The van der Waals surface area contributed by atoms with Crippen molar-refractivity contribution in [3.63, 3.8) is 0 Å². The summed E-state index contributed by atoms with van der Waals surface area (Å²) in [6, 6.07) is 7.28. The third kappa shape index (κ3) is 2.86. The van der Waals surface area contributed by atoms with Crippen LogP contribution in [-0.2, 0) is 7.05 Å². The molecule has 9 heteroatoms. The Kier molecular flexibility index (Phi) is 3.81. The monoisotopic (exact) mass is 349 g/mol. The number of anilines is 1. The van der Waals surface area contributed by atoms with Crippen LogP contribution in [-0.4, -0.2) is 42.4 Å². The van der Waals surface area contributed by atoms with Crippen LogP contribution < -0.4 is 10.1 Å². The van der Waals surface area contributed by atoms with Gasteiger partial charge in [-0.15, -0.1) is 5.10 Å². The standard InChI is InChI=1S/C17H15N7O2/c1-23-9-14(21-22-23)16(25)19-12-8-11(4-5-15(12)26-2)13-10-24-7-3-6-18-17(24)20-13/h3-10H,1-2H3,(H,19,25). The molecule has 3 heterocycles. The maximum atomic E-state index is 12.4. The molecule has 0 aliphatic rings. The second-order valence-electron chi connectivity index (χ2n) is 5.60.